The molecule has 31 heteroatoms. The molecule has 2 aliphatic heterocycles. The Morgan fingerprint density at radius 1 is 0.549 bits per heavy atom. The van der Waals surface area contributed by atoms with Crippen molar-refractivity contribution in [3.8, 4) is 0 Å². The number of hydrogen-bond acceptors (Lipinski definition) is 16. The highest BCUT2D eigenvalue weighted by atomic mass is 16.2. The standard InChI is InChI=1S/C60H104N20O11/c1-6-36(4)48(56(89)76-43(23-15-29-70-60(67)68)58(91)80-31-17-25-46(80)55(88)74-41(21-11-13-27-62)52(85)71-34-47(81)73-40(49(64)82)20-10-12-26-61)78-53(86)44(33-38-18-8-7-9-19-38)77-50(83)37(5)72-54(87)45-24-16-30-79(45)57(90)42(22-14-28-69-59(65)66)75-51(84)39(63)32-35(2)3/h7-9,18-19,35-37,39-46,48H,6,10-17,20-34,61-63H2,1-5H3,(H2,64,82)(H,71,85)(H,72,87)(H,73,81)(H,74,88)(H,75,84)(H,76,89)(H,77,83)(H,78,86)(H4,65,66,69)(H4,67,68,70)/t36-,37-,39-,40-,41-,42-,43-,44-,45-,46-,48-/m0/s1. The van der Waals surface area contributed by atoms with Crippen LogP contribution in [0.4, 0.5) is 0 Å². The topological polar surface area (TPSA) is 523 Å². The number of nitrogens with two attached hydrogens (primary N) is 8. The van der Waals surface area contributed by atoms with Gasteiger partial charge in [-0.25, -0.2) is 0 Å². The number of carbonyl (C=O) groups is 11. The van der Waals surface area contributed by atoms with Crippen molar-refractivity contribution in [2.24, 2.45) is 67.7 Å². The fraction of sp³-hybridized carbons (Fsp3) is 0.683. The molecule has 0 spiro atoms. The molecule has 0 aromatic heterocycles. The number of rotatable bonds is 41. The van der Waals surface area contributed by atoms with Gasteiger partial charge in [0, 0.05) is 32.6 Å². The molecular formula is C60H104N20O11. The predicted octanol–water partition coefficient (Wildman–Crippen LogP) is -3.99. The van der Waals surface area contributed by atoms with Crippen LogP contribution in [0.3, 0.4) is 0 Å². The van der Waals surface area contributed by atoms with Gasteiger partial charge in [0.05, 0.1) is 12.6 Å². The highest BCUT2D eigenvalue weighted by Gasteiger charge is 2.42. The van der Waals surface area contributed by atoms with Gasteiger partial charge < -0.3 is 98.2 Å². The summed E-state index contributed by atoms with van der Waals surface area (Å²) in [5, 5.41) is 21.7. The zero-order valence-corrected chi connectivity index (χ0v) is 53.7. The number of nitrogens with zero attached hydrogens (tertiary/aromatic N) is 4. The molecule has 0 radical (unpaired) electrons. The lowest BCUT2D eigenvalue weighted by Gasteiger charge is -2.32. The number of amides is 11. The lowest BCUT2D eigenvalue weighted by Crippen LogP contribution is -2.61. The van der Waals surface area contributed by atoms with E-state index in [2.05, 4.69) is 52.5 Å². The fourth-order valence-electron chi connectivity index (χ4n) is 10.7. The summed E-state index contributed by atoms with van der Waals surface area (Å²) in [5.74, 6) is -8.21. The SMILES string of the molecule is CC[C@H](C)[C@H](NC(=O)[C@H](Cc1ccccc1)NC(=O)[C@H](C)NC(=O)[C@@H]1CCCN1C(=O)[C@H](CCCN=C(N)N)NC(=O)[C@@H](N)CC(C)C)C(=O)N[C@@H](CCCN=C(N)N)C(=O)N1CCC[C@H]1C(=O)N[C@@H](CCCCN)C(=O)NCC(=O)N[C@@H](CCCCN)C(N)=O. The summed E-state index contributed by atoms with van der Waals surface area (Å²) in [4.78, 5) is 163. The maximum absolute atomic E-state index is 14.8. The lowest BCUT2D eigenvalue weighted by molar-refractivity contribution is -0.143. The molecule has 0 aliphatic carbocycles. The number of nitrogens with one attached hydrogen (secondary N) is 8. The quantitative estimate of drug-likeness (QED) is 0.0169. The van der Waals surface area contributed by atoms with Crippen molar-refractivity contribution < 1.29 is 52.7 Å². The highest BCUT2D eigenvalue weighted by molar-refractivity contribution is 5.99. The number of guanidine groups is 2. The largest absolute Gasteiger partial charge is 0.370 e. The second kappa shape index (κ2) is 40.5. The van der Waals surface area contributed by atoms with Gasteiger partial charge in [-0.2, -0.15) is 0 Å². The molecule has 510 valence electrons. The first-order valence-corrected chi connectivity index (χ1v) is 31.8. The summed E-state index contributed by atoms with van der Waals surface area (Å²) >= 11 is 0. The van der Waals surface area contributed by atoms with Gasteiger partial charge in [0.25, 0.3) is 0 Å². The number of primary amides is 1. The van der Waals surface area contributed by atoms with Gasteiger partial charge in [0.1, 0.15) is 54.4 Å². The Balaban J connectivity index is 1.86. The summed E-state index contributed by atoms with van der Waals surface area (Å²) in [5.41, 5.74) is 45.8. The van der Waals surface area contributed by atoms with E-state index in [0.717, 1.165) is 0 Å². The van der Waals surface area contributed by atoms with E-state index >= 15 is 0 Å². The van der Waals surface area contributed by atoms with Gasteiger partial charge in [0.2, 0.25) is 65.0 Å². The Labute approximate surface area is 533 Å². The summed E-state index contributed by atoms with van der Waals surface area (Å²) in [6.45, 7) is 9.46. The van der Waals surface area contributed by atoms with E-state index in [1.807, 2.05) is 13.8 Å². The monoisotopic (exact) mass is 1280 g/mol. The van der Waals surface area contributed by atoms with Crippen molar-refractivity contribution in [3.63, 3.8) is 0 Å². The molecule has 11 amide bonds. The van der Waals surface area contributed by atoms with Crippen LogP contribution in [0, 0.1) is 11.8 Å². The molecule has 2 aliphatic rings. The van der Waals surface area contributed by atoms with Crippen LogP contribution in [0.5, 0.6) is 0 Å². The number of hydrogen-bond donors (Lipinski definition) is 16. The number of likely N-dealkylation sites (tertiary alicyclic amines) is 2. The Morgan fingerprint density at radius 3 is 1.54 bits per heavy atom. The minimum Gasteiger partial charge on any atom is -0.370 e. The third-order valence-corrected chi connectivity index (χ3v) is 15.9. The normalized spacial score (nSPS) is 17.5. The van der Waals surface area contributed by atoms with E-state index in [9.17, 15) is 52.7 Å². The van der Waals surface area contributed by atoms with Crippen molar-refractivity contribution in [2.45, 2.75) is 204 Å². The predicted molar refractivity (Wildman–Crippen MR) is 344 cm³/mol. The van der Waals surface area contributed by atoms with Crippen LogP contribution in [0.2, 0.25) is 0 Å². The minimum absolute atomic E-state index is 0.0166. The fourth-order valence-corrected chi connectivity index (χ4v) is 10.7. The van der Waals surface area contributed by atoms with Crippen LogP contribution in [-0.2, 0) is 59.2 Å². The van der Waals surface area contributed by atoms with Gasteiger partial charge in [0.15, 0.2) is 11.9 Å². The summed E-state index contributed by atoms with van der Waals surface area (Å²) < 4.78 is 0. The van der Waals surface area contributed by atoms with Crippen LogP contribution in [0.15, 0.2) is 40.3 Å². The number of unbranched alkanes of at least 4 members (excludes halogenated alkanes) is 2. The molecule has 91 heavy (non-hydrogen) atoms. The molecule has 1 aromatic rings. The first-order valence-electron chi connectivity index (χ1n) is 31.8. The minimum atomic E-state index is -1.33. The van der Waals surface area contributed by atoms with Crippen molar-refractivity contribution in [1.29, 1.82) is 0 Å². The molecule has 0 saturated carbocycles. The van der Waals surface area contributed by atoms with Gasteiger partial charge >= 0.3 is 0 Å². The van der Waals surface area contributed by atoms with Crippen molar-refractivity contribution >= 4 is 76.9 Å². The van der Waals surface area contributed by atoms with E-state index in [1.54, 1.807) is 44.2 Å². The van der Waals surface area contributed by atoms with Crippen LogP contribution >= 0.6 is 0 Å². The van der Waals surface area contributed by atoms with Gasteiger partial charge in [-0.05, 0) is 134 Å². The van der Waals surface area contributed by atoms with Gasteiger partial charge in [-0.3, -0.25) is 62.7 Å². The number of aliphatic imine (C=N–C) groups is 2. The molecule has 3 rings (SSSR count). The molecule has 2 saturated heterocycles. The van der Waals surface area contributed by atoms with Crippen molar-refractivity contribution in [2.75, 3.05) is 45.8 Å². The number of carbonyl (C=O) groups excluding carboxylic acids is 11. The van der Waals surface area contributed by atoms with E-state index in [0.29, 0.717) is 76.4 Å². The van der Waals surface area contributed by atoms with Crippen LogP contribution in [0.25, 0.3) is 0 Å². The maximum atomic E-state index is 14.8. The van der Waals surface area contributed by atoms with E-state index in [1.165, 1.54) is 16.7 Å². The summed E-state index contributed by atoms with van der Waals surface area (Å²) in [6, 6.07) is -2.61. The van der Waals surface area contributed by atoms with E-state index in [4.69, 9.17) is 45.9 Å². The zero-order chi connectivity index (χ0) is 67.7. The molecule has 0 unspecified atom stereocenters. The van der Waals surface area contributed by atoms with E-state index in [-0.39, 0.29) is 95.4 Å². The van der Waals surface area contributed by atoms with Gasteiger partial charge in [-0.15, -0.1) is 0 Å². The Kier molecular flexibility index (Phi) is 34.3. The molecule has 11 atom stereocenters. The van der Waals surface area contributed by atoms with Crippen molar-refractivity contribution in [1.82, 2.24) is 52.3 Å². The van der Waals surface area contributed by atoms with Crippen LogP contribution < -0.4 is 88.4 Å². The second-order valence-corrected chi connectivity index (χ2v) is 23.9. The van der Waals surface area contributed by atoms with E-state index < -0.39 is 138 Å². The van der Waals surface area contributed by atoms with Crippen molar-refractivity contribution in [3.05, 3.63) is 35.9 Å². The third kappa shape index (κ3) is 27.0. The molecule has 24 N–H and O–H groups in total. The molecule has 1 aromatic carbocycles. The molecule has 0 bridgehead atoms. The maximum Gasteiger partial charge on any atom is 0.245 e. The molecule has 2 fully saturated rings. The average Bonchev–Trinajstić information content (AvgIpc) is 1.99. The van der Waals surface area contributed by atoms with Crippen LogP contribution in [-0.4, -0.2) is 193 Å². The Morgan fingerprint density at radius 2 is 1.04 bits per heavy atom. The molecule has 31 nitrogen and oxygen atoms in total. The highest BCUT2D eigenvalue weighted by Crippen LogP contribution is 2.23. The first-order chi connectivity index (χ1) is 43.2. The van der Waals surface area contributed by atoms with Gasteiger partial charge in [-0.1, -0.05) is 64.4 Å². The third-order valence-electron chi connectivity index (χ3n) is 15.9. The number of benzene rings is 1. The second-order valence-electron chi connectivity index (χ2n) is 23.9. The summed E-state index contributed by atoms with van der Waals surface area (Å²) in [6.07, 6.45) is 5.03. The lowest BCUT2D eigenvalue weighted by atomic mass is 9.96. The Bertz CT molecular complexity index is 2620. The molecular weight excluding hydrogens is 1180 g/mol. The Hall–Kier alpha value is -8.19. The zero-order valence-electron chi connectivity index (χ0n) is 53.7. The average molecular weight is 1280 g/mol. The smallest absolute Gasteiger partial charge is 0.245 e. The summed E-state index contributed by atoms with van der Waals surface area (Å²) in [7, 11) is 0. The molecule has 2 heterocycles. The first kappa shape index (κ1) is 77.1. The van der Waals surface area contributed by atoms with Crippen LogP contribution in [0.1, 0.15) is 143 Å².